The summed E-state index contributed by atoms with van der Waals surface area (Å²) in [6.45, 7) is 0. The maximum absolute atomic E-state index is 14.4. The Morgan fingerprint density at radius 3 is 1.08 bits per heavy atom. The molecule has 3 rings (SSSR count). The van der Waals surface area contributed by atoms with Gasteiger partial charge in [-0.3, -0.25) is 13.6 Å². The van der Waals surface area contributed by atoms with Gasteiger partial charge in [0.25, 0.3) is 0 Å². The molecule has 0 spiro atoms. The predicted molar refractivity (Wildman–Crippen MR) is 144 cm³/mol. The molecule has 0 aliphatic rings. The van der Waals surface area contributed by atoms with Crippen molar-refractivity contribution in [2.45, 2.75) is 37.6 Å². The molecule has 3 aromatic rings. The molecule has 11 heteroatoms. The Hall–Kier alpha value is -2.89. The quantitative estimate of drug-likeness (QED) is 0.194. The number of hydrogen-bond donors (Lipinski definition) is 0. The second kappa shape index (κ2) is 14.3. The fourth-order valence-electron chi connectivity index (χ4n) is 3.61. The number of phosphoric acid groups is 1. The second-order valence-electron chi connectivity index (χ2n) is 7.88. The van der Waals surface area contributed by atoms with Crippen molar-refractivity contribution >= 4 is 42.6 Å². The second-order valence-corrected chi connectivity index (χ2v) is 10.6. The van der Waals surface area contributed by atoms with Crippen molar-refractivity contribution in [2.75, 3.05) is 0 Å². The Bertz CT molecular complexity index is 1260. The third-order valence-electron chi connectivity index (χ3n) is 5.36. The van der Waals surface area contributed by atoms with Crippen LogP contribution in [0.5, 0.6) is 0 Å². The zero-order valence-corrected chi connectivity index (χ0v) is 23.0. The van der Waals surface area contributed by atoms with Crippen molar-refractivity contribution in [2.24, 2.45) is 0 Å². The molecule has 38 heavy (non-hydrogen) atoms. The third-order valence-corrected chi connectivity index (χ3v) is 7.93. The van der Waals surface area contributed by atoms with Gasteiger partial charge < -0.3 is 0 Å². The van der Waals surface area contributed by atoms with Gasteiger partial charge in [0, 0.05) is 31.8 Å². The molecule has 0 radical (unpaired) electrons. The minimum atomic E-state index is -4.66. The first-order valence-electron chi connectivity index (χ1n) is 11.3. The van der Waals surface area contributed by atoms with Crippen molar-refractivity contribution in [1.82, 2.24) is 0 Å². The van der Waals surface area contributed by atoms with E-state index in [4.69, 9.17) is 48.4 Å². The predicted octanol–water partition coefficient (Wildman–Crippen LogP) is 9.07. The molecule has 0 aliphatic heterocycles. The van der Waals surface area contributed by atoms with Crippen LogP contribution in [0.4, 0.5) is 0 Å². The van der Waals surface area contributed by atoms with E-state index in [0.29, 0.717) is 16.7 Å². The first-order chi connectivity index (χ1) is 18.3. The Kier molecular flexibility index (Phi) is 11.2. The highest BCUT2D eigenvalue weighted by Crippen LogP contribution is 2.61. The molecule has 3 atom stereocenters. The van der Waals surface area contributed by atoms with E-state index >= 15 is 0 Å². The molecule has 0 aromatic heterocycles. The average Bonchev–Trinajstić information content (AvgIpc) is 2.89. The molecule has 7 nitrogen and oxygen atoms in total. The molecule has 0 heterocycles. The number of rotatable bonds is 12. The fraction of sp³-hybridized carbons (Fsp3) is 0.222. The van der Waals surface area contributed by atoms with E-state index in [-0.39, 0.29) is 34.3 Å². The molecule has 0 aliphatic carbocycles. The van der Waals surface area contributed by atoms with Crippen LogP contribution < -0.4 is 0 Å². The lowest BCUT2D eigenvalue weighted by atomic mass is 10.1. The molecule has 0 fully saturated rings. The lowest BCUT2D eigenvalue weighted by molar-refractivity contribution is 0.0321. The SMILES string of the molecule is N#CCC(OP(=O)(OC(CC#N)c1ccccc1Cl)OC(CC#N)c1ccccc1Cl)c1ccccc1Cl. The van der Waals surface area contributed by atoms with Gasteiger partial charge in [0.05, 0.1) is 37.5 Å². The lowest BCUT2D eigenvalue weighted by Crippen LogP contribution is -2.13. The van der Waals surface area contributed by atoms with Crippen molar-refractivity contribution < 1.29 is 18.1 Å². The fourth-order valence-corrected chi connectivity index (χ4v) is 6.03. The van der Waals surface area contributed by atoms with Crippen LogP contribution in [0.15, 0.2) is 72.8 Å². The summed E-state index contributed by atoms with van der Waals surface area (Å²) in [5, 5.41) is 29.3. The van der Waals surface area contributed by atoms with Crippen LogP contribution in [0.2, 0.25) is 15.1 Å². The minimum absolute atomic E-state index is 0.246. The summed E-state index contributed by atoms with van der Waals surface area (Å²) < 4.78 is 32.2. The maximum atomic E-state index is 14.4. The van der Waals surface area contributed by atoms with Crippen LogP contribution in [0.3, 0.4) is 0 Å². The Morgan fingerprint density at radius 1 is 0.579 bits per heavy atom. The summed E-state index contributed by atoms with van der Waals surface area (Å²) >= 11 is 19.0. The molecular weight excluding hydrogens is 568 g/mol. The molecule has 3 aromatic carbocycles. The van der Waals surface area contributed by atoms with Crippen molar-refractivity contribution in [3.8, 4) is 18.2 Å². The highest BCUT2D eigenvalue weighted by atomic mass is 35.5. The molecule has 194 valence electrons. The largest absolute Gasteiger partial charge is 0.476 e. The number of nitriles is 3. The van der Waals surface area contributed by atoms with Crippen molar-refractivity contribution in [3.05, 3.63) is 105 Å². The number of benzene rings is 3. The number of phosphoric ester groups is 1. The van der Waals surface area contributed by atoms with Gasteiger partial charge in [-0.25, -0.2) is 4.57 Å². The number of hydrogen-bond acceptors (Lipinski definition) is 7. The van der Waals surface area contributed by atoms with E-state index in [0.717, 1.165) is 0 Å². The zero-order valence-electron chi connectivity index (χ0n) is 19.8. The van der Waals surface area contributed by atoms with E-state index in [1.807, 2.05) is 18.2 Å². The van der Waals surface area contributed by atoms with Crippen LogP contribution in [-0.4, -0.2) is 0 Å². The summed E-state index contributed by atoms with van der Waals surface area (Å²) in [7, 11) is -4.66. The Balaban J connectivity index is 2.09. The summed E-state index contributed by atoms with van der Waals surface area (Å²) in [4.78, 5) is 0. The van der Waals surface area contributed by atoms with Gasteiger partial charge in [0.1, 0.15) is 18.3 Å². The lowest BCUT2D eigenvalue weighted by Gasteiger charge is -2.29. The van der Waals surface area contributed by atoms with E-state index < -0.39 is 26.1 Å². The molecule has 3 unspecified atom stereocenters. The maximum Gasteiger partial charge on any atom is 0.476 e. The van der Waals surface area contributed by atoms with E-state index in [1.54, 1.807) is 72.8 Å². The van der Waals surface area contributed by atoms with Crippen LogP contribution in [0, 0.1) is 34.0 Å². The zero-order chi connectivity index (χ0) is 27.5. The van der Waals surface area contributed by atoms with Crippen LogP contribution in [0.1, 0.15) is 54.3 Å². The van der Waals surface area contributed by atoms with Crippen LogP contribution in [0.25, 0.3) is 0 Å². The van der Waals surface area contributed by atoms with Gasteiger partial charge >= 0.3 is 7.82 Å². The summed E-state index contributed by atoms with van der Waals surface area (Å²) in [6, 6.07) is 25.8. The van der Waals surface area contributed by atoms with Gasteiger partial charge in [0.15, 0.2) is 0 Å². The Morgan fingerprint density at radius 2 is 0.842 bits per heavy atom. The first-order valence-corrected chi connectivity index (χ1v) is 13.9. The molecule has 0 saturated carbocycles. The molecular formula is C27H21Cl3N3O4P. The van der Waals surface area contributed by atoms with Gasteiger partial charge in [-0.2, -0.15) is 15.8 Å². The highest BCUT2D eigenvalue weighted by Gasteiger charge is 2.39. The van der Waals surface area contributed by atoms with E-state index in [9.17, 15) is 20.4 Å². The van der Waals surface area contributed by atoms with Crippen LogP contribution >= 0.6 is 42.6 Å². The first kappa shape index (κ1) is 29.7. The Labute approximate surface area is 236 Å². The van der Waals surface area contributed by atoms with Crippen molar-refractivity contribution in [1.29, 1.82) is 15.8 Å². The van der Waals surface area contributed by atoms with E-state index in [2.05, 4.69) is 0 Å². The van der Waals surface area contributed by atoms with Crippen molar-refractivity contribution in [3.63, 3.8) is 0 Å². The smallest absolute Gasteiger partial charge is 0.278 e. The third kappa shape index (κ3) is 7.81. The highest BCUT2D eigenvalue weighted by molar-refractivity contribution is 7.48. The van der Waals surface area contributed by atoms with Crippen LogP contribution in [-0.2, 0) is 18.1 Å². The summed E-state index contributed by atoms with van der Waals surface area (Å²) in [5.41, 5.74) is 1.15. The number of nitrogens with zero attached hydrogens (tertiary/aromatic N) is 3. The minimum Gasteiger partial charge on any atom is -0.278 e. The van der Waals surface area contributed by atoms with Gasteiger partial charge in [-0.15, -0.1) is 0 Å². The summed E-state index contributed by atoms with van der Waals surface area (Å²) in [5.74, 6) is 0. The van der Waals surface area contributed by atoms with Gasteiger partial charge in [0.2, 0.25) is 0 Å². The summed E-state index contributed by atoms with van der Waals surface area (Å²) in [6.07, 6.45) is -4.10. The molecule has 0 saturated heterocycles. The molecule has 0 N–H and O–H groups in total. The van der Waals surface area contributed by atoms with E-state index in [1.165, 1.54) is 0 Å². The molecule has 0 amide bonds. The standard InChI is InChI=1S/C27H21Cl3N3O4P/c28-22-10-4-1-7-19(22)25(13-16-31)35-38(34,36-26(14-17-32)20-8-2-5-11-23(20)29)37-27(15-18-33)21-9-3-6-12-24(21)30/h1-12,25-27H,13-15H2. The van der Waals surface area contributed by atoms with Gasteiger partial charge in [-0.1, -0.05) is 89.4 Å². The molecule has 0 bridgehead atoms. The monoisotopic (exact) mass is 587 g/mol. The van der Waals surface area contributed by atoms with Gasteiger partial charge in [-0.05, 0) is 18.2 Å². The topological polar surface area (TPSA) is 116 Å². The normalized spacial score (nSPS) is 14.7. The average molecular weight is 589 g/mol. The number of halogens is 3.